The lowest BCUT2D eigenvalue weighted by atomic mass is 10.1. The van der Waals surface area contributed by atoms with Gasteiger partial charge in [-0.1, -0.05) is 6.07 Å². The zero-order valence-electron chi connectivity index (χ0n) is 10.7. The summed E-state index contributed by atoms with van der Waals surface area (Å²) in [4.78, 5) is 23.7. The van der Waals surface area contributed by atoms with E-state index in [9.17, 15) is 14.0 Å². The summed E-state index contributed by atoms with van der Waals surface area (Å²) in [6.45, 7) is 1.32. The van der Waals surface area contributed by atoms with Gasteiger partial charge in [-0.15, -0.1) is 5.10 Å². The van der Waals surface area contributed by atoms with Crippen molar-refractivity contribution in [2.45, 2.75) is 35.9 Å². The third-order valence-electron chi connectivity index (χ3n) is 3.11. The molecule has 7 heteroatoms. The minimum absolute atomic E-state index is 0.0373. The zero-order valence-corrected chi connectivity index (χ0v) is 11.5. The van der Waals surface area contributed by atoms with E-state index in [1.165, 1.54) is 19.1 Å². The lowest BCUT2D eigenvalue weighted by molar-refractivity contribution is 0.101. The van der Waals surface area contributed by atoms with E-state index in [1.807, 2.05) is 0 Å². The monoisotopic (exact) mass is 293 g/mol. The third kappa shape index (κ3) is 2.29. The van der Waals surface area contributed by atoms with Crippen molar-refractivity contribution in [1.29, 1.82) is 0 Å². The molecular weight excluding hydrogens is 281 g/mol. The number of benzene rings is 1. The summed E-state index contributed by atoms with van der Waals surface area (Å²) in [6, 6.07) is 4.61. The number of aromatic nitrogens is 3. The number of Topliss-reactive ketones (excluding diaryl/α,β-unsaturated/α-hetero) is 1. The van der Waals surface area contributed by atoms with Crippen LogP contribution in [0.5, 0.6) is 0 Å². The average Bonchev–Trinajstić information content (AvgIpc) is 3.15. The number of ketones is 1. The van der Waals surface area contributed by atoms with Gasteiger partial charge in [-0.2, -0.15) is 0 Å². The second kappa shape index (κ2) is 4.90. The molecule has 0 amide bonds. The van der Waals surface area contributed by atoms with Crippen LogP contribution in [0.1, 0.15) is 36.2 Å². The minimum atomic E-state index is -0.557. The zero-order chi connectivity index (χ0) is 14.3. The molecule has 0 bridgehead atoms. The Hall–Kier alpha value is -1.89. The first-order chi connectivity index (χ1) is 9.58. The Morgan fingerprint density at radius 1 is 1.50 bits per heavy atom. The summed E-state index contributed by atoms with van der Waals surface area (Å²) in [5.41, 5.74) is -0.230. The lowest BCUT2D eigenvalue weighted by Crippen LogP contribution is -2.16. The Morgan fingerprint density at radius 3 is 2.90 bits per heavy atom. The van der Waals surface area contributed by atoms with Crippen molar-refractivity contribution in [2.75, 3.05) is 0 Å². The summed E-state index contributed by atoms with van der Waals surface area (Å²) in [6.07, 6.45) is 1.88. The third-order valence-corrected chi connectivity index (χ3v) is 4.14. The second-order valence-corrected chi connectivity index (χ2v) is 5.69. The number of H-pyrrole nitrogens is 1. The molecule has 0 spiro atoms. The molecule has 1 aromatic carbocycles. The average molecular weight is 293 g/mol. The molecule has 1 aromatic heterocycles. The highest BCUT2D eigenvalue weighted by Crippen LogP contribution is 2.38. The highest BCUT2D eigenvalue weighted by molar-refractivity contribution is 7.99. The number of rotatable bonds is 4. The number of carbonyl (C=O) groups is 1. The first kappa shape index (κ1) is 13.1. The molecule has 104 valence electrons. The first-order valence-corrected chi connectivity index (χ1v) is 7.04. The van der Waals surface area contributed by atoms with Crippen LogP contribution >= 0.6 is 11.8 Å². The molecule has 1 aliphatic rings. The van der Waals surface area contributed by atoms with Crippen molar-refractivity contribution in [3.05, 3.63) is 40.1 Å². The van der Waals surface area contributed by atoms with Gasteiger partial charge in [0.2, 0.25) is 0 Å². The van der Waals surface area contributed by atoms with Crippen molar-refractivity contribution in [3.63, 3.8) is 0 Å². The van der Waals surface area contributed by atoms with Gasteiger partial charge in [0, 0.05) is 10.9 Å². The van der Waals surface area contributed by atoms with Crippen LogP contribution in [0.15, 0.2) is 33.0 Å². The molecule has 1 saturated carbocycles. The topological polar surface area (TPSA) is 67.8 Å². The number of hydrogen-bond donors (Lipinski definition) is 1. The van der Waals surface area contributed by atoms with E-state index in [0.29, 0.717) is 10.1 Å². The summed E-state index contributed by atoms with van der Waals surface area (Å²) in [5, 5.41) is 6.82. The summed E-state index contributed by atoms with van der Waals surface area (Å²) >= 11 is 1.13. The number of nitrogens with one attached hydrogen (secondary N) is 1. The normalized spacial score (nSPS) is 14.5. The van der Waals surface area contributed by atoms with Crippen molar-refractivity contribution >= 4 is 17.5 Å². The van der Waals surface area contributed by atoms with Crippen molar-refractivity contribution < 1.29 is 9.18 Å². The van der Waals surface area contributed by atoms with E-state index in [2.05, 4.69) is 10.2 Å². The predicted molar refractivity (Wildman–Crippen MR) is 71.6 cm³/mol. The van der Waals surface area contributed by atoms with Crippen LogP contribution in [0.3, 0.4) is 0 Å². The number of nitrogens with zero attached hydrogens (tertiary/aromatic N) is 2. The molecule has 2 aromatic rings. The van der Waals surface area contributed by atoms with Crippen LogP contribution in [0.4, 0.5) is 4.39 Å². The van der Waals surface area contributed by atoms with E-state index in [0.717, 1.165) is 24.6 Å². The number of halogens is 1. The molecule has 0 aliphatic heterocycles. The van der Waals surface area contributed by atoms with Crippen LogP contribution in [0.25, 0.3) is 0 Å². The Balaban J connectivity index is 2.02. The predicted octanol–water partition coefficient (Wildman–Crippen LogP) is 2.40. The first-order valence-electron chi connectivity index (χ1n) is 6.22. The van der Waals surface area contributed by atoms with Gasteiger partial charge in [-0.05, 0) is 43.7 Å². The Morgan fingerprint density at radius 2 is 2.25 bits per heavy atom. The minimum Gasteiger partial charge on any atom is -0.294 e. The Bertz CT molecular complexity index is 733. The van der Waals surface area contributed by atoms with E-state index in [4.69, 9.17) is 0 Å². The molecule has 20 heavy (non-hydrogen) atoms. The molecule has 0 saturated heterocycles. The highest BCUT2D eigenvalue weighted by atomic mass is 32.2. The van der Waals surface area contributed by atoms with Crippen LogP contribution < -0.4 is 5.69 Å². The van der Waals surface area contributed by atoms with E-state index in [1.54, 1.807) is 10.6 Å². The Labute approximate surface area is 118 Å². The lowest BCUT2D eigenvalue weighted by Gasteiger charge is -2.07. The molecule has 3 rings (SSSR count). The van der Waals surface area contributed by atoms with Crippen LogP contribution in [0, 0.1) is 5.82 Å². The highest BCUT2D eigenvalue weighted by Gasteiger charge is 2.29. The fourth-order valence-electron chi connectivity index (χ4n) is 2.05. The van der Waals surface area contributed by atoms with Gasteiger partial charge in [-0.25, -0.2) is 14.3 Å². The van der Waals surface area contributed by atoms with Crippen molar-refractivity contribution in [2.24, 2.45) is 0 Å². The van der Waals surface area contributed by atoms with Gasteiger partial charge in [0.1, 0.15) is 5.82 Å². The van der Waals surface area contributed by atoms with Crippen LogP contribution in [0.2, 0.25) is 0 Å². The largest absolute Gasteiger partial charge is 0.344 e. The maximum absolute atomic E-state index is 13.7. The quantitative estimate of drug-likeness (QED) is 0.879. The van der Waals surface area contributed by atoms with Gasteiger partial charge in [0.25, 0.3) is 0 Å². The SMILES string of the molecule is CC(=O)c1c(F)cccc1Sc1n[nH]c(=O)n1C1CC1. The van der Waals surface area contributed by atoms with Crippen molar-refractivity contribution in [3.8, 4) is 0 Å². The molecule has 0 radical (unpaired) electrons. The molecular formula is C13H12FN3O2S. The molecule has 1 N–H and O–H groups in total. The molecule has 1 heterocycles. The summed E-state index contributed by atoms with van der Waals surface area (Å²) < 4.78 is 15.3. The summed E-state index contributed by atoms with van der Waals surface area (Å²) in [7, 11) is 0. The van der Waals surface area contributed by atoms with E-state index in [-0.39, 0.29) is 23.1 Å². The van der Waals surface area contributed by atoms with Gasteiger partial charge in [0.05, 0.1) is 5.56 Å². The summed E-state index contributed by atoms with van der Waals surface area (Å²) in [5.74, 6) is -0.903. The number of hydrogen-bond acceptors (Lipinski definition) is 4. The maximum Gasteiger partial charge on any atom is 0.344 e. The molecule has 1 fully saturated rings. The molecule has 0 unspecified atom stereocenters. The van der Waals surface area contributed by atoms with E-state index < -0.39 is 5.82 Å². The van der Waals surface area contributed by atoms with Gasteiger partial charge in [0.15, 0.2) is 10.9 Å². The molecule has 1 aliphatic carbocycles. The van der Waals surface area contributed by atoms with Crippen LogP contribution in [-0.4, -0.2) is 20.5 Å². The van der Waals surface area contributed by atoms with Crippen LogP contribution in [-0.2, 0) is 0 Å². The second-order valence-electron chi connectivity index (χ2n) is 4.68. The number of carbonyl (C=O) groups excluding carboxylic acids is 1. The standard InChI is InChI=1S/C13H12FN3O2S/c1-7(18)11-9(14)3-2-4-10(11)20-13-16-15-12(19)17(13)8-5-6-8/h2-4,8H,5-6H2,1H3,(H,15,19). The smallest absolute Gasteiger partial charge is 0.294 e. The maximum atomic E-state index is 13.7. The van der Waals surface area contributed by atoms with Gasteiger partial charge < -0.3 is 0 Å². The number of aromatic amines is 1. The Kier molecular flexibility index (Phi) is 3.21. The molecule has 0 atom stereocenters. The van der Waals surface area contributed by atoms with E-state index >= 15 is 0 Å². The fraction of sp³-hybridized carbons (Fsp3) is 0.308. The fourth-order valence-corrected chi connectivity index (χ4v) is 3.15. The van der Waals surface area contributed by atoms with Gasteiger partial charge >= 0.3 is 5.69 Å². The van der Waals surface area contributed by atoms with Gasteiger partial charge in [-0.3, -0.25) is 9.36 Å². The van der Waals surface area contributed by atoms with Crippen molar-refractivity contribution in [1.82, 2.24) is 14.8 Å². The molecule has 5 nitrogen and oxygen atoms in total.